The highest BCUT2D eigenvalue weighted by Crippen LogP contribution is 2.22. The van der Waals surface area contributed by atoms with Crippen molar-refractivity contribution >= 4 is 40.8 Å². The number of nitrogens with zero attached hydrogens (tertiary/aromatic N) is 2. The SMILES string of the molecule is CCOc1ccc(Nc2nc(N)c3ccccc3n2)cc1.Cl. The molecule has 0 fully saturated rings. The van der Waals surface area contributed by atoms with Crippen molar-refractivity contribution in [3.8, 4) is 5.75 Å². The van der Waals surface area contributed by atoms with Crippen LogP contribution >= 0.6 is 12.4 Å². The molecule has 2 aromatic carbocycles. The van der Waals surface area contributed by atoms with Gasteiger partial charge >= 0.3 is 0 Å². The van der Waals surface area contributed by atoms with Gasteiger partial charge in [0.2, 0.25) is 5.95 Å². The molecule has 0 aliphatic carbocycles. The molecule has 0 amide bonds. The smallest absolute Gasteiger partial charge is 0.229 e. The normalized spacial score (nSPS) is 10.0. The largest absolute Gasteiger partial charge is 0.494 e. The Hall–Kier alpha value is -2.53. The zero-order valence-electron chi connectivity index (χ0n) is 12.1. The lowest BCUT2D eigenvalue weighted by molar-refractivity contribution is 0.340. The number of nitrogens with one attached hydrogen (secondary N) is 1. The minimum absolute atomic E-state index is 0. The average Bonchev–Trinajstić information content (AvgIpc) is 2.50. The molecule has 0 unspecified atom stereocenters. The summed E-state index contributed by atoms with van der Waals surface area (Å²) in [5.74, 6) is 1.78. The lowest BCUT2D eigenvalue weighted by Crippen LogP contribution is -2.01. The monoisotopic (exact) mass is 316 g/mol. The number of hydrogen-bond donors (Lipinski definition) is 2. The maximum atomic E-state index is 5.96. The summed E-state index contributed by atoms with van der Waals surface area (Å²) in [5.41, 5.74) is 7.66. The van der Waals surface area contributed by atoms with E-state index < -0.39 is 0 Å². The van der Waals surface area contributed by atoms with E-state index in [4.69, 9.17) is 10.5 Å². The number of ether oxygens (including phenoxy) is 1. The van der Waals surface area contributed by atoms with Gasteiger partial charge in [0.25, 0.3) is 0 Å². The first-order chi connectivity index (χ1) is 10.3. The maximum Gasteiger partial charge on any atom is 0.229 e. The standard InChI is InChI=1S/C16H16N4O.ClH/c1-2-21-12-9-7-11(8-10-12)18-16-19-14-6-4-3-5-13(14)15(17)20-16;/h3-10H,2H2,1H3,(H3,17,18,19,20);1H. The van der Waals surface area contributed by atoms with Crippen LogP contribution in [0.25, 0.3) is 10.9 Å². The van der Waals surface area contributed by atoms with E-state index in [1.165, 1.54) is 0 Å². The topological polar surface area (TPSA) is 73.1 Å². The first kappa shape index (κ1) is 15.9. The molecule has 0 bridgehead atoms. The fourth-order valence-electron chi connectivity index (χ4n) is 2.09. The second-order valence-electron chi connectivity index (χ2n) is 4.53. The fourth-order valence-corrected chi connectivity index (χ4v) is 2.09. The number of nitrogens with two attached hydrogens (primary N) is 1. The van der Waals surface area contributed by atoms with Gasteiger partial charge in [0.15, 0.2) is 0 Å². The van der Waals surface area contributed by atoms with Crippen LogP contribution in [0.4, 0.5) is 17.5 Å². The van der Waals surface area contributed by atoms with Crippen LogP contribution in [0, 0.1) is 0 Å². The number of fused-ring (bicyclic) bond motifs is 1. The zero-order valence-corrected chi connectivity index (χ0v) is 12.9. The highest BCUT2D eigenvalue weighted by atomic mass is 35.5. The first-order valence-electron chi connectivity index (χ1n) is 6.78. The Morgan fingerprint density at radius 2 is 1.77 bits per heavy atom. The van der Waals surface area contributed by atoms with Gasteiger partial charge in [-0.15, -0.1) is 12.4 Å². The molecule has 0 saturated heterocycles. The Morgan fingerprint density at radius 3 is 2.50 bits per heavy atom. The molecule has 6 heteroatoms. The van der Waals surface area contributed by atoms with E-state index in [0.717, 1.165) is 22.3 Å². The number of para-hydroxylation sites is 1. The second-order valence-corrected chi connectivity index (χ2v) is 4.53. The van der Waals surface area contributed by atoms with Gasteiger partial charge in [0.1, 0.15) is 11.6 Å². The fraction of sp³-hybridized carbons (Fsp3) is 0.125. The van der Waals surface area contributed by atoms with E-state index in [1.54, 1.807) is 0 Å². The number of rotatable bonds is 4. The summed E-state index contributed by atoms with van der Waals surface area (Å²) in [7, 11) is 0. The average molecular weight is 317 g/mol. The molecule has 1 heterocycles. The predicted octanol–water partition coefficient (Wildman–Crippen LogP) is 3.78. The van der Waals surface area contributed by atoms with Crippen LogP contribution in [0.5, 0.6) is 5.75 Å². The quantitative estimate of drug-likeness (QED) is 0.766. The van der Waals surface area contributed by atoms with Crippen molar-refractivity contribution in [3.05, 3.63) is 48.5 Å². The molecular formula is C16H17ClN4O. The third-order valence-electron chi connectivity index (χ3n) is 3.05. The van der Waals surface area contributed by atoms with E-state index in [9.17, 15) is 0 Å². The molecule has 5 nitrogen and oxygen atoms in total. The van der Waals surface area contributed by atoms with Crippen LogP contribution in [0.15, 0.2) is 48.5 Å². The number of halogens is 1. The molecule has 0 spiro atoms. The van der Waals surface area contributed by atoms with Gasteiger partial charge in [-0.25, -0.2) is 4.98 Å². The Morgan fingerprint density at radius 1 is 1.05 bits per heavy atom. The van der Waals surface area contributed by atoms with Crippen molar-refractivity contribution in [2.75, 3.05) is 17.7 Å². The third-order valence-corrected chi connectivity index (χ3v) is 3.05. The molecule has 0 saturated carbocycles. The Labute approximate surface area is 134 Å². The third kappa shape index (κ3) is 3.38. The van der Waals surface area contributed by atoms with Crippen molar-refractivity contribution < 1.29 is 4.74 Å². The molecule has 22 heavy (non-hydrogen) atoms. The van der Waals surface area contributed by atoms with E-state index in [0.29, 0.717) is 18.4 Å². The number of hydrogen-bond acceptors (Lipinski definition) is 5. The van der Waals surface area contributed by atoms with Gasteiger partial charge in [0, 0.05) is 11.1 Å². The van der Waals surface area contributed by atoms with E-state index >= 15 is 0 Å². The molecule has 0 atom stereocenters. The first-order valence-corrected chi connectivity index (χ1v) is 6.78. The molecule has 0 radical (unpaired) electrons. The number of nitrogen functional groups attached to an aromatic ring is 1. The molecule has 1 aromatic heterocycles. The highest BCUT2D eigenvalue weighted by molar-refractivity contribution is 5.89. The summed E-state index contributed by atoms with van der Waals surface area (Å²) in [6.07, 6.45) is 0. The van der Waals surface area contributed by atoms with Crippen molar-refractivity contribution in [1.29, 1.82) is 0 Å². The van der Waals surface area contributed by atoms with E-state index in [1.807, 2.05) is 55.5 Å². The molecular weight excluding hydrogens is 300 g/mol. The maximum absolute atomic E-state index is 5.96. The van der Waals surface area contributed by atoms with Crippen molar-refractivity contribution in [2.45, 2.75) is 6.92 Å². The molecule has 3 rings (SSSR count). The minimum atomic E-state index is 0. The predicted molar refractivity (Wildman–Crippen MR) is 92.1 cm³/mol. The van der Waals surface area contributed by atoms with Crippen molar-refractivity contribution in [1.82, 2.24) is 9.97 Å². The molecule has 3 aromatic rings. The summed E-state index contributed by atoms with van der Waals surface area (Å²) in [5, 5.41) is 4.00. The summed E-state index contributed by atoms with van der Waals surface area (Å²) in [6.45, 7) is 2.61. The summed E-state index contributed by atoms with van der Waals surface area (Å²) >= 11 is 0. The Bertz CT molecular complexity index is 762. The van der Waals surface area contributed by atoms with Crippen molar-refractivity contribution in [3.63, 3.8) is 0 Å². The van der Waals surface area contributed by atoms with Crippen LogP contribution in [0.2, 0.25) is 0 Å². The highest BCUT2D eigenvalue weighted by Gasteiger charge is 2.05. The molecule has 0 aliphatic rings. The lowest BCUT2D eigenvalue weighted by atomic mass is 10.2. The summed E-state index contributed by atoms with van der Waals surface area (Å²) in [6, 6.07) is 15.3. The van der Waals surface area contributed by atoms with E-state index in [-0.39, 0.29) is 12.4 Å². The van der Waals surface area contributed by atoms with Crippen LogP contribution < -0.4 is 15.8 Å². The summed E-state index contributed by atoms with van der Waals surface area (Å²) < 4.78 is 5.41. The van der Waals surface area contributed by atoms with Crippen LogP contribution in [-0.4, -0.2) is 16.6 Å². The van der Waals surface area contributed by atoms with Crippen molar-refractivity contribution in [2.24, 2.45) is 0 Å². The number of benzene rings is 2. The van der Waals surface area contributed by atoms with Crippen LogP contribution in [-0.2, 0) is 0 Å². The lowest BCUT2D eigenvalue weighted by Gasteiger charge is -2.08. The van der Waals surface area contributed by atoms with Gasteiger partial charge in [0.05, 0.1) is 12.1 Å². The molecule has 3 N–H and O–H groups in total. The second kappa shape index (κ2) is 6.95. The van der Waals surface area contributed by atoms with Gasteiger partial charge in [-0.3, -0.25) is 0 Å². The van der Waals surface area contributed by atoms with Gasteiger partial charge in [-0.1, -0.05) is 12.1 Å². The zero-order chi connectivity index (χ0) is 14.7. The van der Waals surface area contributed by atoms with Crippen LogP contribution in [0.1, 0.15) is 6.92 Å². The van der Waals surface area contributed by atoms with Gasteiger partial charge < -0.3 is 15.8 Å². The minimum Gasteiger partial charge on any atom is -0.494 e. The molecule has 0 aliphatic heterocycles. The Balaban J connectivity index is 0.00000176. The van der Waals surface area contributed by atoms with Gasteiger partial charge in [-0.2, -0.15) is 4.98 Å². The van der Waals surface area contributed by atoms with E-state index in [2.05, 4.69) is 15.3 Å². The summed E-state index contributed by atoms with van der Waals surface area (Å²) in [4.78, 5) is 8.74. The molecule has 114 valence electrons. The number of anilines is 3. The van der Waals surface area contributed by atoms with Gasteiger partial charge in [-0.05, 0) is 43.3 Å². The number of aromatic nitrogens is 2. The Kier molecular flexibility index (Phi) is 5.01. The van der Waals surface area contributed by atoms with Crippen LogP contribution in [0.3, 0.4) is 0 Å².